The molecule has 0 heterocycles. The Hall–Kier alpha value is -0.580. The smallest absolute Gasteiger partial charge is 0.241 e. The Morgan fingerprint density at radius 3 is 2.88 bits per heavy atom. The van der Waals surface area contributed by atoms with Gasteiger partial charge in [-0.25, -0.2) is 0 Å². The molecular formula is C12H16BrClN2O. The molecule has 0 aromatic heterocycles. The molecule has 0 aliphatic carbocycles. The van der Waals surface area contributed by atoms with Crippen LogP contribution in [-0.4, -0.2) is 11.9 Å². The fourth-order valence-corrected chi connectivity index (χ4v) is 2.09. The number of nitrogens with two attached hydrogens (primary N) is 1. The summed E-state index contributed by atoms with van der Waals surface area (Å²) in [6, 6.07) is 4.82. The van der Waals surface area contributed by atoms with Crippen LogP contribution in [0.15, 0.2) is 22.7 Å². The van der Waals surface area contributed by atoms with E-state index in [1.165, 1.54) is 0 Å². The van der Waals surface area contributed by atoms with Gasteiger partial charge < -0.3 is 11.1 Å². The van der Waals surface area contributed by atoms with Crippen molar-refractivity contribution in [2.75, 3.05) is 5.32 Å². The van der Waals surface area contributed by atoms with E-state index >= 15 is 0 Å². The van der Waals surface area contributed by atoms with E-state index in [0.717, 1.165) is 17.3 Å². The molecule has 94 valence electrons. The third-order valence-corrected chi connectivity index (χ3v) is 3.20. The van der Waals surface area contributed by atoms with Crippen molar-refractivity contribution in [2.45, 2.75) is 32.2 Å². The highest BCUT2D eigenvalue weighted by Crippen LogP contribution is 2.25. The van der Waals surface area contributed by atoms with Crippen molar-refractivity contribution in [3.8, 4) is 0 Å². The van der Waals surface area contributed by atoms with Gasteiger partial charge in [-0.3, -0.25) is 4.79 Å². The Kier molecular flexibility index (Phi) is 5.95. The average molecular weight is 320 g/mol. The molecule has 1 unspecified atom stereocenters. The third kappa shape index (κ3) is 4.66. The van der Waals surface area contributed by atoms with Gasteiger partial charge in [-0.05, 0) is 24.6 Å². The summed E-state index contributed by atoms with van der Waals surface area (Å²) in [5, 5.41) is 3.23. The van der Waals surface area contributed by atoms with Crippen LogP contribution >= 0.6 is 27.5 Å². The Morgan fingerprint density at radius 1 is 1.59 bits per heavy atom. The van der Waals surface area contributed by atoms with Crippen LogP contribution in [0.4, 0.5) is 5.69 Å². The van der Waals surface area contributed by atoms with E-state index in [9.17, 15) is 4.79 Å². The minimum absolute atomic E-state index is 0.192. The van der Waals surface area contributed by atoms with Crippen LogP contribution in [0.2, 0.25) is 5.02 Å². The van der Waals surface area contributed by atoms with Crippen molar-refractivity contribution < 1.29 is 4.79 Å². The van der Waals surface area contributed by atoms with E-state index in [2.05, 4.69) is 28.2 Å². The Bertz CT molecular complexity index is 398. The lowest BCUT2D eigenvalue weighted by Crippen LogP contribution is -2.35. The van der Waals surface area contributed by atoms with Crippen molar-refractivity contribution in [1.82, 2.24) is 0 Å². The van der Waals surface area contributed by atoms with E-state index < -0.39 is 6.04 Å². The van der Waals surface area contributed by atoms with Gasteiger partial charge >= 0.3 is 0 Å². The summed E-state index contributed by atoms with van der Waals surface area (Å²) in [5.41, 5.74) is 6.36. The van der Waals surface area contributed by atoms with Gasteiger partial charge in [0.25, 0.3) is 0 Å². The Labute approximate surface area is 115 Å². The third-order valence-electron chi connectivity index (χ3n) is 2.39. The van der Waals surface area contributed by atoms with Gasteiger partial charge in [-0.15, -0.1) is 0 Å². The molecule has 0 spiro atoms. The number of nitrogens with one attached hydrogen (secondary N) is 1. The van der Waals surface area contributed by atoms with Crippen molar-refractivity contribution in [3.05, 3.63) is 27.7 Å². The summed E-state index contributed by atoms with van der Waals surface area (Å²) in [5.74, 6) is -0.192. The van der Waals surface area contributed by atoms with E-state index in [1.54, 1.807) is 12.1 Å². The van der Waals surface area contributed by atoms with E-state index in [0.29, 0.717) is 17.1 Å². The Balaban J connectivity index is 2.61. The van der Waals surface area contributed by atoms with Gasteiger partial charge in [0.1, 0.15) is 0 Å². The molecule has 0 aliphatic heterocycles. The molecule has 0 radical (unpaired) electrons. The molecule has 1 aromatic rings. The summed E-state index contributed by atoms with van der Waals surface area (Å²) in [7, 11) is 0. The second kappa shape index (κ2) is 6.99. The zero-order valence-corrected chi connectivity index (χ0v) is 12.0. The number of halogens is 2. The van der Waals surface area contributed by atoms with Crippen LogP contribution in [0, 0.1) is 0 Å². The normalized spacial score (nSPS) is 12.2. The minimum Gasteiger partial charge on any atom is -0.323 e. The number of carbonyl (C=O) groups is 1. The number of rotatable bonds is 5. The molecule has 17 heavy (non-hydrogen) atoms. The molecule has 1 aromatic carbocycles. The zero-order chi connectivity index (χ0) is 12.8. The summed E-state index contributed by atoms with van der Waals surface area (Å²) in [6.07, 6.45) is 2.67. The number of hydrogen-bond acceptors (Lipinski definition) is 2. The lowest BCUT2D eigenvalue weighted by Gasteiger charge is -2.12. The number of anilines is 1. The SMILES string of the molecule is CCCCC(N)C(=O)Nc1ccc(Br)cc1Cl. The molecule has 5 heteroatoms. The van der Waals surface area contributed by atoms with Crippen molar-refractivity contribution in [1.29, 1.82) is 0 Å². The highest BCUT2D eigenvalue weighted by atomic mass is 79.9. The molecule has 1 amide bonds. The predicted octanol–water partition coefficient (Wildman–Crippen LogP) is 3.56. The number of amides is 1. The van der Waals surface area contributed by atoms with Gasteiger partial charge in [0.15, 0.2) is 0 Å². The summed E-state index contributed by atoms with van der Waals surface area (Å²) >= 11 is 9.30. The van der Waals surface area contributed by atoms with Crippen LogP contribution < -0.4 is 11.1 Å². The fraction of sp³-hybridized carbons (Fsp3) is 0.417. The van der Waals surface area contributed by atoms with Crippen molar-refractivity contribution in [2.24, 2.45) is 5.73 Å². The van der Waals surface area contributed by atoms with Crippen LogP contribution in [-0.2, 0) is 4.79 Å². The van der Waals surface area contributed by atoms with Gasteiger partial charge in [0.05, 0.1) is 16.8 Å². The van der Waals surface area contributed by atoms with Crippen LogP contribution in [0.5, 0.6) is 0 Å². The zero-order valence-electron chi connectivity index (χ0n) is 9.67. The first-order chi connectivity index (χ1) is 8.04. The van der Waals surface area contributed by atoms with Gasteiger partial charge in [-0.2, -0.15) is 0 Å². The topological polar surface area (TPSA) is 55.1 Å². The number of carbonyl (C=O) groups excluding carboxylic acids is 1. The van der Waals surface area contributed by atoms with E-state index in [4.69, 9.17) is 17.3 Å². The highest BCUT2D eigenvalue weighted by Gasteiger charge is 2.14. The predicted molar refractivity (Wildman–Crippen MR) is 75.3 cm³/mol. The Morgan fingerprint density at radius 2 is 2.29 bits per heavy atom. The summed E-state index contributed by atoms with van der Waals surface area (Å²) < 4.78 is 0.871. The maximum Gasteiger partial charge on any atom is 0.241 e. The second-order valence-corrected chi connectivity index (χ2v) is 5.19. The van der Waals surface area contributed by atoms with Gasteiger partial charge in [0, 0.05) is 4.47 Å². The van der Waals surface area contributed by atoms with Crippen molar-refractivity contribution in [3.63, 3.8) is 0 Å². The van der Waals surface area contributed by atoms with Gasteiger partial charge in [-0.1, -0.05) is 47.3 Å². The molecule has 1 rings (SSSR count). The lowest BCUT2D eigenvalue weighted by atomic mass is 10.1. The number of unbranched alkanes of at least 4 members (excludes halogenated alkanes) is 1. The van der Waals surface area contributed by atoms with Crippen molar-refractivity contribution >= 4 is 39.1 Å². The van der Waals surface area contributed by atoms with Gasteiger partial charge in [0.2, 0.25) is 5.91 Å². The summed E-state index contributed by atoms with van der Waals surface area (Å²) in [6.45, 7) is 2.07. The molecule has 1 atom stereocenters. The second-order valence-electron chi connectivity index (χ2n) is 3.86. The molecule has 0 fully saturated rings. The quantitative estimate of drug-likeness (QED) is 0.872. The molecule has 0 saturated carbocycles. The fourth-order valence-electron chi connectivity index (χ4n) is 1.37. The first-order valence-corrected chi connectivity index (χ1v) is 6.73. The molecule has 3 N–H and O–H groups in total. The number of benzene rings is 1. The lowest BCUT2D eigenvalue weighted by molar-refractivity contribution is -0.117. The minimum atomic E-state index is -0.477. The average Bonchev–Trinajstić information content (AvgIpc) is 2.29. The largest absolute Gasteiger partial charge is 0.323 e. The highest BCUT2D eigenvalue weighted by molar-refractivity contribution is 9.10. The molecule has 0 saturated heterocycles. The maximum absolute atomic E-state index is 11.7. The molecule has 3 nitrogen and oxygen atoms in total. The van der Waals surface area contributed by atoms with E-state index in [-0.39, 0.29) is 5.91 Å². The monoisotopic (exact) mass is 318 g/mol. The van der Waals surface area contributed by atoms with Crippen LogP contribution in [0.25, 0.3) is 0 Å². The molecular weight excluding hydrogens is 304 g/mol. The maximum atomic E-state index is 11.7. The number of hydrogen-bond donors (Lipinski definition) is 2. The van der Waals surface area contributed by atoms with Crippen LogP contribution in [0.1, 0.15) is 26.2 Å². The standard InChI is InChI=1S/C12H16BrClN2O/c1-2-3-4-10(15)12(17)16-11-6-5-8(13)7-9(11)14/h5-7,10H,2-4,15H2,1H3,(H,16,17). The first kappa shape index (κ1) is 14.5. The molecule has 0 bridgehead atoms. The van der Waals surface area contributed by atoms with Crippen LogP contribution in [0.3, 0.4) is 0 Å². The summed E-state index contributed by atoms with van der Waals surface area (Å²) in [4.78, 5) is 11.7. The molecule has 0 aliphatic rings. The van der Waals surface area contributed by atoms with E-state index in [1.807, 2.05) is 6.07 Å². The first-order valence-electron chi connectivity index (χ1n) is 5.56.